The van der Waals surface area contributed by atoms with Gasteiger partial charge in [0, 0.05) is 28.9 Å². The smallest absolute Gasteiger partial charge is 0.164 e. The molecule has 3 aromatic heterocycles. The molecular formula is C23H24N5OS+. The quantitative estimate of drug-likeness (QED) is 0.520. The first-order valence-electron chi connectivity index (χ1n) is 10.3. The topological polar surface area (TPSA) is 66.6 Å². The number of hydrogen-bond acceptors (Lipinski definition) is 6. The third-order valence-corrected chi connectivity index (χ3v) is 6.53. The van der Waals surface area contributed by atoms with Crippen LogP contribution in [-0.2, 0) is 0 Å². The molecule has 1 saturated heterocycles. The van der Waals surface area contributed by atoms with Gasteiger partial charge in [-0.25, -0.2) is 9.97 Å². The van der Waals surface area contributed by atoms with Crippen molar-refractivity contribution in [3.05, 3.63) is 60.2 Å². The van der Waals surface area contributed by atoms with Crippen molar-refractivity contribution in [2.45, 2.75) is 0 Å². The van der Waals surface area contributed by atoms with E-state index in [2.05, 4.69) is 39.5 Å². The lowest BCUT2D eigenvalue weighted by Gasteiger charge is -2.33. The van der Waals surface area contributed by atoms with Crippen molar-refractivity contribution in [2.75, 3.05) is 44.2 Å². The molecule has 0 radical (unpaired) electrons. The molecule has 152 valence electrons. The fourth-order valence-corrected chi connectivity index (χ4v) is 4.99. The van der Waals surface area contributed by atoms with E-state index in [1.54, 1.807) is 17.5 Å². The summed E-state index contributed by atoms with van der Waals surface area (Å²) >= 11 is 1.67. The molecular weight excluding hydrogens is 394 g/mol. The monoisotopic (exact) mass is 418 g/mol. The molecule has 7 heteroatoms. The van der Waals surface area contributed by atoms with Gasteiger partial charge in [0.1, 0.15) is 17.2 Å². The maximum atomic E-state index is 9.28. The lowest BCUT2D eigenvalue weighted by Crippen LogP contribution is -3.15. The van der Waals surface area contributed by atoms with E-state index in [0.717, 1.165) is 60.1 Å². The van der Waals surface area contributed by atoms with Gasteiger partial charge in [-0.2, -0.15) is 0 Å². The van der Waals surface area contributed by atoms with Crippen molar-refractivity contribution in [2.24, 2.45) is 0 Å². The predicted molar refractivity (Wildman–Crippen MR) is 121 cm³/mol. The SMILES string of the molecule is OCC[NH+]1CCN(c2nc(-c3cccnc3)nc3scc(-c4ccccc4)c23)CC1. The normalized spacial score (nSPS) is 15.0. The van der Waals surface area contributed by atoms with Crippen molar-refractivity contribution < 1.29 is 10.0 Å². The third kappa shape index (κ3) is 3.67. The van der Waals surface area contributed by atoms with E-state index in [1.165, 1.54) is 16.0 Å². The van der Waals surface area contributed by atoms with E-state index in [-0.39, 0.29) is 6.61 Å². The van der Waals surface area contributed by atoms with E-state index in [1.807, 2.05) is 24.4 Å². The fourth-order valence-electron chi connectivity index (χ4n) is 4.05. The highest BCUT2D eigenvalue weighted by molar-refractivity contribution is 7.17. The molecule has 0 atom stereocenters. The molecule has 2 N–H and O–H groups in total. The Labute approximate surface area is 179 Å². The largest absolute Gasteiger partial charge is 0.391 e. The van der Waals surface area contributed by atoms with E-state index in [0.29, 0.717) is 0 Å². The number of benzene rings is 1. The van der Waals surface area contributed by atoms with Crippen LogP contribution in [0.2, 0.25) is 0 Å². The molecule has 1 aliphatic heterocycles. The Hall–Kier alpha value is -2.87. The molecule has 1 fully saturated rings. The maximum absolute atomic E-state index is 9.28. The number of aliphatic hydroxyl groups is 1. The summed E-state index contributed by atoms with van der Waals surface area (Å²) in [5.74, 6) is 1.72. The molecule has 30 heavy (non-hydrogen) atoms. The summed E-state index contributed by atoms with van der Waals surface area (Å²) in [4.78, 5) is 19.0. The van der Waals surface area contributed by atoms with Crippen LogP contribution < -0.4 is 9.80 Å². The van der Waals surface area contributed by atoms with Crippen LogP contribution in [0.4, 0.5) is 5.82 Å². The first-order chi connectivity index (χ1) is 14.8. The van der Waals surface area contributed by atoms with Gasteiger partial charge in [0.15, 0.2) is 5.82 Å². The Bertz CT molecular complexity index is 1120. The summed E-state index contributed by atoms with van der Waals surface area (Å²) in [5, 5.41) is 12.6. The second-order valence-corrected chi connectivity index (χ2v) is 8.38. The van der Waals surface area contributed by atoms with Crippen LogP contribution in [0.15, 0.2) is 60.2 Å². The van der Waals surface area contributed by atoms with Gasteiger partial charge in [0.2, 0.25) is 0 Å². The zero-order chi connectivity index (χ0) is 20.3. The standard InChI is InChI=1S/C23H23N5OS/c29-14-13-27-9-11-28(12-10-27)22-20-19(17-5-2-1-3-6-17)16-30-23(20)26-21(25-22)18-7-4-8-24-15-18/h1-8,15-16,29H,9-14H2/p+1. The van der Waals surface area contributed by atoms with Crippen LogP contribution >= 0.6 is 11.3 Å². The molecule has 5 rings (SSSR count). The van der Waals surface area contributed by atoms with Gasteiger partial charge < -0.3 is 14.9 Å². The van der Waals surface area contributed by atoms with Crippen LogP contribution in [0.1, 0.15) is 0 Å². The summed E-state index contributed by atoms with van der Waals surface area (Å²) in [6, 6.07) is 14.4. The Kier molecular flexibility index (Phi) is 5.40. The van der Waals surface area contributed by atoms with Crippen molar-refractivity contribution in [1.29, 1.82) is 0 Å². The Morgan fingerprint density at radius 3 is 2.53 bits per heavy atom. The van der Waals surface area contributed by atoms with Gasteiger partial charge in [0.05, 0.1) is 38.2 Å². The molecule has 1 aromatic carbocycles. The molecule has 0 spiro atoms. The first-order valence-corrected chi connectivity index (χ1v) is 11.2. The number of piperazine rings is 1. The average molecular weight is 419 g/mol. The molecule has 6 nitrogen and oxygen atoms in total. The van der Waals surface area contributed by atoms with Crippen LogP contribution in [-0.4, -0.2) is 59.4 Å². The van der Waals surface area contributed by atoms with Gasteiger partial charge in [0.25, 0.3) is 0 Å². The number of aliphatic hydroxyl groups excluding tert-OH is 1. The molecule has 1 aliphatic rings. The number of rotatable bonds is 5. The van der Waals surface area contributed by atoms with Gasteiger partial charge in [-0.05, 0) is 17.7 Å². The summed E-state index contributed by atoms with van der Waals surface area (Å²) in [7, 11) is 0. The molecule has 0 unspecified atom stereocenters. The molecule has 4 aromatic rings. The van der Waals surface area contributed by atoms with Crippen LogP contribution in [0.3, 0.4) is 0 Å². The number of hydrogen-bond donors (Lipinski definition) is 2. The summed E-state index contributed by atoms with van der Waals surface area (Å²) in [6.45, 7) is 4.87. The highest BCUT2D eigenvalue weighted by Crippen LogP contribution is 2.39. The second kappa shape index (κ2) is 8.47. The number of anilines is 1. The molecule has 0 saturated carbocycles. The van der Waals surface area contributed by atoms with E-state index < -0.39 is 0 Å². The average Bonchev–Trinajstić information content (AvgIpc) is 3.25. The minimum absolute atomic E-state index is 0.237. The van der Waals surface area contributed by atoms with Crippen LogP contribution in [0.5, 0.6) is 0 Å². The van der Waals surface area contributed by atoms with Gasteiger partial charge >= 0.3 is 0 Å². The highest BCUT2D eigenvalue weighted by Gasteiger charge is 2.25. The summed E-state index contributed by atoms with van der Waals surface area (Å²) < 4.78 is 0. The van der Waals surface area contributed by atoms with Crippen LogP contribution in [0, 0.1) is 0 Å². The second-order valence-electron chi connectivity index (χ2n) is 7.52. The number of nitrogens with one attached hydrogen (secondary N) is 1. The maximum Gasteiger partial charge on any atom is 0.164 e. The number of aromatic nitrogens is 3. The lowest BCUT2D eigenvalue weighted by molar-refractivity contribution is -0.900. The van der Waals surface area contributed by atoms with Crippen molar-refractivity contribution in [3.8, 4) is 22.5 Å². The zero-order valence-electron chi connectivity index (χ0n) is 16.7. The number of thiophene rings is 1. The molecule has 0 bridgehead atoms. The molecule has 4 heterocycles. The minimum atomic E-state index is 0.237. The predicted octanol–water partition coefficient (Wildman–Crippen LogP) is 2.12. The molecule has 0 amide bonds. The third-order valence-electron chi connectivity index (χ3n) is 5.65. The summed E-state index contributed by atoms with van der Waals surface area (Å²) in [5.41, 5.74) is 3.31. The Morgan fingerprint density at radius 1 is 1.00 bits per heavy atom. The number of pyridine rings is 1. The Morgan fingerprint density at radius 2 is 1.80 bits per heavy atom. The molecule has 0 aliphatic carbocycles. The first kappa shape index (κ1) is 19.1. The van der Waals surface area contributed by atoms with Gasteiger partial charge in [-0.1, -0.05) is 30.3 Å². The zero-order valence-corrected chi connectivity index (χ0v) is 17.5. The van der Waals surface area contributed by atoms with E-state index >= 15 is 0 Å². The Balaban J connectivity index is 1.62. The summed E-state index contributed by atoms with van der Waals surface area (Å²) in [6.07, 6.45) is 3.59. The fraction of sp³-hybridized carbons (Fsp3) is 0.261. The minimum Gasteiger partial charge on any atom is -0.391 e. The van der Waals surface area contributed by atoms with Crippen molar-refractivity contribution in [1.82, 2.24) is 15.0 Å². The highest BCUT2D eigenvalue weighted by atomic mass is 32.1. The van der Waals surface area contributed by atoms with Crippen LogP contribution in [0.25, 0.3) is 32.7 Å². The lowest BCUT2D eigenvalue weighted by atomic mass is 10.1. The number of quaternary nitrogens is 1. The van der Waals surface area contributed by atoms with Crippen molar-refractivity contribution >= 4 is 27.4 Å². The van der Waals surface area contributed by atoms with E-state index in [9.17, 15) is 5.11 Å². The van der Waals surface area contributed by atoms with Gasteiger partial charge in [-0.15, -0.1) is 11.3 Å². The number of nitrogens with zero attached hydrogens (tertiary/aromatic N) is 4. The van der Waals surface area contributed by atoms with Crippen molar-refractivity contribution in [3.63, 3.8) is 0 Å². The van der Waals surface area contributed by atoms with Gasteiger partial charge in [-0.3, -0.25) is 4.98 Å². The number of fused-ring (bicyclic) bond motifs is 1. The van der Waals surface area contributed by atoms with E-state index in [4.69, 9.17) is 9.97 Å².